The summed E-state index contributed by atoms with van der Waals surface area (Å²) in [6.45, 7) is 7.58. The molecule has 0 N–H and O–H groups in total. The van der Waals surface area contributed by atoms with Gasteiger partial charge in [-0.3, -0.25) is 10.1 Å². The highest BCUT2D eigenvalue weighted by Crippen LogP contribution is 2.21. The van der Waals surface area contributed by atoms with Crippen LogP contribution in [0.25, 0.3) is 0 Å². The Morgan fingerprint density at radius 1 is 1.22 bits per heavy atom. The molecule has 0 amide bonds. The summed E-state index contributed by atoms with van der Waals surface area (Å²) in [5.74, 6) is 0. The number of rotatable bonds is 3. The fourth-order valence-electron chi connectivity index (χ4n) is 2.03. The molecule has 7 nitrogen and oxygen atoms in total. The number of nitrogens with zero attached hydrogens (tertiary/aromatic N) is 5. The molecule has 2 heterocycles. The average Bonchev–Trinajstić information content (AvgIpc) is 2.69. The lowest BCUT2D eigenvalue weighted by Gasteiger charge is -2.05. The Morgan fingerprint density at radius 3 is 2.33 bits per heavy atom. The van der Waals surface area contributed by atoms with Crippen LogP contribution in [0.5, 0.6) is 0 Å². The van der Waals surface area contributed by atoms with E-state index in [1.807, 2.05) is 19.9 Å². The van der Waals surface area contributed by atoms with Crippen molar-refractivity contribution in [1.82, 2.24) is 19.6 Å². The lowest BCUT2D eigenvalue weighted by atomic mass is 10.3. The first-order chi connectivity index (χ1) is 8.40. The highest BCUT2D eigenvalue weighted by atomic mass is 16.6. The lowest BCUT2D eigenvalue weighted by Crippen LogP contribution is -2.13. The molecule has 0 saturated heterocycles. The summed E-state index contributed by atoms with van der Waals surface area (Å²) < 4.78 is 3.38. The van der Waals surface area contributed by atoms with E-state index < -0.39 is 4.92 Å². The minimum atomic E-state index is -0.393. The van der Waals surface area contributed by atoms with E-state index in [2.05, 4.69) is 10.2 Å². The van der Waals surface area contributed by atoms with Crippen LogP contribution in [-0.4, -0.2) is 24.5 Å². The molecule has 0 atom stereocenters. The minimum Gasteiger partial charge on any atom is -0.258 e. The smallest absolute Gasteiger partial charge is 0.258 e. The molecule has 0 bridgehead atoms. The SMILES string of the molecule is Cc1cc(C)n(Cn2nc(C)c([N+](=O)[O-])c2C)n1. The fraction of sp³-hybridized carbons (Fsp3) is 0.455. The number of hydrogen-bond acceptors (Lipinski definition) is 4. The topological polar surface area (TPSA) is 78.8 Å². The third-order valence-corrected chi connectivity index (χ3v) is 2.90. The van der Waals surface area contributed by atoms with Gasteiger partial charge < -0.3 is 0 Å². The molecule has 0 aliphatic carbocycles. The van der Waals surface area contributed by atoms with E-state index in [1.165, 1.54) is 0 Å². The van der Waals surface area contributed by atoms with E-state index >= 15 is 0 Å². The number of aromatic nitrogens is 4. The van der Waals surface area contributed by atoms with Crippen LogP contribution in [0, 0.1) is 37.8 Å². The third-order valence-electron chi connectivity index (χ3n) is 2.90. The Balaban J connectivity index is 2.39. The maximum absolute atomic E-state index is 10.9. The summed E-state index contributed by atoms with van der Waals surface area (Å²) in [6.07, 6.45) is 0. The Labute approximate surface area is 104 Å². The van der Waals surface area contributed by atoms with Crippen molar-refractivity contribution >= 4 is 5.69 Å². The average molecular weight is 249 g/mol. The van der Waals surface area contributed by atoms with Crippen LogP contribution in [0.1, 0.15) is 22.8 Å². The Hall–Kier alpha value is -2.18. The van der Waals surface area contributed by atoms with Crippen LogP contribution in [0.15, 0.2) is 6.07 Å². The summed E-state index contributed by atoms with van der Waals surface area (Å²) in [5, 5.41) is 19.4. The highest BCUT2D eigenvalue weighted by Gasteiger charge is 2.21. The van der Waals surface area contributed by atoms with Crippen molar-refractivity contribution in [3.05, 3.63) is 39.0 Å². The van der Waals surface area contributed by atoms with Crippen molar-refractivity contribution in [3.8, 4) is 0 Å². The van der Waals surface area contributed by atoms with Crippen molar-refractivity contribution in [2.45, 2.75) is 34.4 Å². The van der Waals surface area contributed by atoms with Gasteiger partial charge in [-0.1, -0.05) is 0 Å². The first kappa shape index (κ1) is 12.3. The van der Waals surface area contributed by atoms with E-state index in [4.69, 9.17) is 0 Å². The van der Waals surface area contributed by atoms with Gasteiger partial charge in [0.15, 0.2) is 0 Å². The van der Waals surface area contributed by atoms with E-state index in [9.17, 15) is 10.1 Å². The first-order valence-electron chi connectivity index (χ1n) is 5.59. The van der Waals surface area contributed by atoms with Crippen LogP contribution in [0.4, 0.5) is 5.69 Å². The van der Waals surface area contributed by atoms with Gasteiger partial charge in [-0.15, -0.1) is 0 Å². The highest BCUT2D eigenvalue weighted by molar-refractivity contribution is 5.39. The number of hydrogen-bond donors (Lipinski definition) is 0. The van der Waals surface area contributed by atoms with Crippen LogP contribution in [-0.2, 0) is 6.67 Å². The second-order valence-corrected chi connectivity index (χ2v) is 4.34. The predicted octanol–water partition coefficient (Wildman–Crippen LogP) is 1.73. The van der Waals surface area contributed by atoms with Crippen molar-refractivity contribution in [1.29, 1.82) is 0 Å². The molecule has 18 heavy (non-hydrogen) atoms. The first-order valence-corrected chi connectivity index (χ1v) is 5.59. The molecular weight excluding hydrogens is 234 g/mol. The summed E-state index contributed by atoms with van der Waals surface area (Å²) in [4.78, 5) is 10.5. The van der Waals surface area contributed by atoms with Gasteiger partial charge in [0.2, 0.25) is 0 Å². The normalized spacial score (nSPS) is 10.9. The zero-order valence-electron chi connectivity index (χ0n) is 10.8. The van der Waals surface area contributed by atoms with Gasteiger partial charge >= 0.3 is 5.69 Å². The fourth-order valence-corrected chi connectivity index (χ4v) is 2.03. The molecule has 2 rings (SSSR count). The van der Waals surface area contributed by atoms with Crippen LogP contribution in [0.3, 0.4) is 0 Å². The van der Waals surface area contributed by atoms with Gasteiger partial charge in [-0.25, -0.2) is 9.36 Å². The monoisotopic (exact) mass is 249 g/mol. The third kappa shape index (κ3) is 1.99. The van der Waals surface area contributed by atoms with Gasteiger partial charge in [0.05, 0.1) is 10.6 Å². The number of nitro groups is 1. The molecule has 0 spiro atoms. The van der Waals surface area contributed by atoms with Crippen LogP contribution >= 0.6 is 0 Å². The van der Waals surface area contributed by atoms with Crippen molar-refractivity contribution in [2.24, 2.45) is 0 Å². The van der Waals surface area contributed by atoms with Gasteiger partial charge in [0.1, 0.15) is 18.1 Å². The molecule has 0 saturated carbocycles. The van der Waals surface area contributed by atoms with Gasteiger partial charge in [-0.2, -0.15) is 10.2 Å². The van der Waals surface area contributed by atoms with E-state index in [1.54, 1.807) is 23.2 Å². The second kappa shape index (κ2) is 4.25. The predicted molar refractivity (Wildman–Crippen MR) is 65.5 cm³/mol. The standard InChI is InChI=1S/C11H15N5O2/c1-7-5-8(2)14(12-7)6-15-10(4)11(16(17)18)9(3)13-15/h5H,6H2,1-4H3. The molecule has 2 aromatic heterocycles. The minimum absolute atomic E-state index is 0.0801. The quantitative estimate of drug-likeness (QED) is 0.613. The Kier molecular flexibility index (Phi) is 2.90. The molecule has 0 aliphatic rings. The summed E-state index contributed by atoms with van der Waals surface area (Å²) >= 11 is 0. The van der Waals surface area contributed by atoms with Crippen molar-refractivity contribution < 1.29 is 4.92 Å². The summed E-state index contributed by atoms with van der Waals surface area (Å²) in [6, 6.07) is 1.96. The molecule has 0 radical (unpaired) electrons. The van der Waals surface area contributed by atoms with Gasteiger partial charge in [-0.05, 0) is 33.8 Å². The zero-order valence-corrected chi connectivity index (χ0v) is 10.8. The molecule has 2 aromatic rings. The second-order valence-electron chi connectivity index (χ2n) is 4.34. The molecule has 0 aromatic carbocycles. The molecule has 7 heteroatoms. The maximum atomic E-state index is 10.9. The van der Waals surface area contributed by atoms with E-state index in [0.29, 0.717) is 18.1 Å². The molecule has 0 aliphatic heterocycles. The van der Waals surface area contributed by atoms with Crippen molar-refractivity contribution in [3.63, 3.8) is 0 Å². The largest absolute Gasteiger partial charge is 0.312 e. The summed E-state index contributed by atoms with van der Waals surface area (Å²) in [5.41, 5.74) is 2.98. The van der Waals surface area contributed by atoms with Crippen LogP contribution < -0.4 is 0 Å². The maximum Gasteiger partial charge on any atom is 0.312 e. The lowest BCUT2D eigenvalue weighted by molar-refractivity contribution is -0.386. The van der Waals surface area contributed by atoms with E-state index in [-0.39, 0.29) is 5.69 Å². The molecule has 96 valence electrons. The van der Waals surface area contributed by atoms with Gasteiger partial charge in [0, 0.05) is 5.69 Å². The zero-order chi connectivity index (χ0) is 13.4. The van der Waals surface area contributed by atoms with Gasteiger partial charge in [0.25, 0.3) is 0 Å². The molecular formula is C11H15N5O2. The summed E-state index contributed by atoms with van der Waals surface area (Å²) in [7, 11) is 0. The Morgan fingerprint density at radius 2 is 1.89 bits per heavy atom. The van der Waals surface area contributed by atoms with Crippen molar-refractivity contribution in [2.75, 3.05) is 0 Å². The Bertz CT molecular complexity index is 611. The van der Waals surface area contributed by atoms with E-state index in [0.717, 1.165) is 11.4 Å². The molecule has 0 fully saturated rings. The number of aryl methyl sites for hydroxylation is 3. The molecule has 0 unspecified atom stereocenters. The van der Waals surface area contributed by atoms with Crippen LogP contribution in [0.2, 0.25) is 0 Å².